The Hall–Kier alpha value is -1.58. The monoisotopic (exact) mass is 190 g/mol. The van der Waals surface area contributed by atoms with Crippen LogP contribution in [0.4, 0.5) is 5.69 Å². The lowest BCUT2D eigenvalue weighted by Gasteiger charge is -2.01. The van der Waals surface area contributed by atoms with Gasteiger partial charge in [-0.25, -0.2) is 0 Å². The molecule has 0 bridgehead atoms. The van der Waals surface area contributed by atoms with Crippen molar-refractivity contribution in [3.8, 4) is 0 Å². The fourth-order valence-electron chi connectivity index (χ4n) is 1.50. The van der Waals surface area contributed by atoms with E-state index < -0.39 is 0 Å². The molecule has 0 aliphatic heterocycles. The first kappa shape index (κ1) is 8.99. The number of anilines is 1. The largest absolute Gasteiger partial charge is 0.397 e. The molecule has 2 N–H and O–H groups in total. The summed E-state index contributed by atoms with van der Waals surface area (Å²) in [6, 6.07) is 0. The molecule has 74 valence electrons. The van der Waals surface area contributed by atoms with Crippen molar-refractivity contribution in [3.63, 3.8) is 0 Å². The van der Waals surface area contributed by atoms with Crippen LogP contribution in [-0.4, -0.2) is 14.8 Å². The van der Waals surface area contributed by atoms with Gasteiger partial charge in [-0.05, 0) is 6.42 Å². The van der Waals surface area contributed by atoms with Gasteiger partial charge in [-0.15, -0.1) is 0 Å². The lowest BCUT2D eigenvalue weighted by Crippen LogP contribution is -1.99. The first-order chi connectivity index (χ1) is 6.83. The average molecular weight is 190 g/mol. The van der Waals surface area contributed by atoms with Crippen molar-refractivity contribution in [1.82, 2.24) is 14.8 Å². The highest BCUT2D eigenvalue weighted by molar-refractivity contribution is 5.88. The maximum Gasteiger partial charge on any atom is 0.0886 e. The van der Waals surface area contributed by atoms with E-state index >= 15 is 0 Å². The molecule has 4 heteroatoms. The molecule has 0 amide bonds. The Bertz CT molecular complexity index is 433. The van der Waals surface area contributed by atoms with E-state index in [1.807, 2.05) is 17.1 Å². The van der Waals surface area contributed by atoms with Gasteiger partial charge in [0.2, 0.25) is 0 Å². The van der Waals surface area contributed by atoms with E-state index in [0.717, 1.165) is 30.3 Å². The van der Waals surface area contributed by atoms with Crippen LogP contribution in [0, 0.1) is 0 Å². The SMILES string of the molecule is CCCCn1ncc2c(N)cncc21. The van der Waals surface area contributed by atoms with Crippen molar-refractivity contribution in [2.45, 2.75) is 26.3 Å². The van der Waals surface area contributed by atoms with Crippen LogP contribution >= 0.6 is 0 Å². The molecule has 0 aromatic carbocycles. The number of pyridine rings is 1. The molecule has 14 heavy (non-hydrogen) atoms. The van der Waals surface area contributed by atoms with Gasteiger partial charge >= 0.3 is 0 Å². The third-order valence-electron chi connectivity index (χ3n) is 2.33. The van der Waals surface area contributed by atoms with E-state index in [-0.39, 0.29) is 0 Å². The molecule has 2 rings (SSSR count). The van der Waals surface area contributed by atoms with E-state index in [1.165, 1.54) is 0 Å². The number of aromatic nitrogens is 3. The number of nitrogen functional groups attached to an aromatic ring is 1. The van der Waals surface area contributed by atoms with Crippen molar-refractivity contribution in [2.24, 2.45) is 0 Å². The van der Waals surface area contributed by atoms with Gasteiger partial charge in [0.05, 0.1) is 29.8 Å². The molecule has 2 aromatic rings. The second kappa shape index (κ2) is 3.65. The summed E-state index contributed by atoms with van der Waals surface area (Å²) in [5.41, 5.74) is 7.51. The fraction of sp³-hybridized carbons (Fsp3) is 0.400. The minimum Gasteiger partial charge on any atom is -0.397 e. The highest BCUT2D eigenvalue weighted by atomic mass is 15.3. The first-order valence-corrected chi connectivity index (χ1v) is 4.88. The quantitative estimate of drug-likeness (QED) is 0.803. The highest BCUT2D eigenvalue weighted by Gasteiger charge is 2.04. The molecule has 2 heterocycles. The average Bonchev–Trinajstić information content (AvgIpc) is 2.60. The van der Waals surface area contributed by atoms with Crippen molar-refractivity contribution in [3.05, 3.63) is 18.6 Å². The molecule has 0 saturated heterocycles. The van der Waals surface area contributed by atoms with Crippen LogP contribution in [0.15, 0.2) is 18.6 Å². The molecule has 0 unspecified atom stereocenters. The number of hydrogen-bond donors (Lipinski definition) is 1. The van der Waals surface area contributed by atoms with Crippen LogP contribution < -0.4 is 5.73 Å². The van der Waals surface area contributed by atoms with Crippen molar-refractivity contribution in [2.75, 3.05) is 5.73 Å². The molecule has 0 atom stereocenters. The Morgan fingerprint density at radius 3 is 3.00 bits per heavy atom. The summed E-state index contributed by atoms with van der Waals surface area (Å²) in [5, 5.41) is 5.29. The zero-order valence-electron chi connectivity index (χ0n) is 8.27. The van der Waals surface area contributed by atoms with Crippen LogP contribution in [0.25, 0.3) is 10.9 Å². The van der Waals surface area contributed by atoms with Crippen LogP contribution in [-0.2, 0) is 6.54 Å². The second-order valence-corrected chi connectivity index (χ2v) is 3.38. The molecular formula is C10H14N4. The summed E-state index contributed by atoms with van der Waals surface area (Å²) >= 11 is 0. The van der Waals surface area contributed by atoms with E-state index in [1.54, 1.807) is 6.20 Å². The van der Waals surface area contributed by atoms with Crippen LogP contribution in [0.5, 0.6) is 0 Å². The zero-order chi connectivity index (χ0) is 9.97. The number of rotatable bonds is 3. The number of aryl methyl sites for hydroxylation is 1. The smallest absolute Gasteiger partial charge is 0.0886 e. The number of nitrogens with two attached hydrogens (primary N) is 1. The molecule has 0 aliphatic carbocycles. The van der Waals surface area contributed by atoms with Gasteiger partial charge in [-0.2, -0.15) is 5.10 Å². The molecule has 2 aromatic heterocycles. The highest BCUT2D eigenvalue weighted by Crippen LogP contribution is 2.18. The number of fused-ring (bicyclic) bond motifs is 1. The maximum atomic E-state index is 5.78. The molecule has 0 spiro atoms. The van der Waals surface area contributed by atoms with Gasteiger partial charge in [0.1, 0.15) is 0 Å². The third kappa shape index (κ3) is 1.43. The van der Waals surface area contributed by atoms with Crippen molar-refractivity contribution < 1.29 is 0 Å². The molecule has 0 radical (unpaired) electrons. The lowest BCUT2D eigenvalue weighted by atomic mass is 10.3. The predicted octanol–water partition coefficient (Wildman–Crippen LogP) is 1.81. The molecule has 0 saturated carbocycles. The Morgan fingerprint density at radius 2 is 2.21 bits per heavy atom. The minimum absolute atomic E-state index is 0.699. The van der Waals surface area contributed by atoms with Gasteiger partial charge in [0.25, 0.3) is 0 Å². The van der Waals surface area contributed by atoms with E-state index in [0.29, 0.717) is 5.69 Å². The predicted molar refractivity (Wildman–Crippen MR) is 56.8 cm³/mol. The van der Waals surface area contributed by atoms with Crippen molar-refractivity contribution >= 4 is 16.6 Å². The van der Waals surface area contributed by atoms with E-state index in [4.69, 9.17) is 5.73 Å². The second-order valence-electron chi connectivity index (χ2n) is 3.38. The Morgan fingerprint density at radius 1 is 1.36 bits per heavy atom. The molecule has 0 fully saturated rings. The lowest BCUT2D eigenvalue weighted by molar-refractivity contribution is 0.588. The Kier molecular flexibility index (Phi) is 2.35. The number of nitrogens with zero attached hydrogens (tertiary/aromatic N) is 3. The standard InChI is InChI=1S/C10H14N4/c1-2-3-4-14-10-7-12-6-9(11)8(10)5-13-14/h5-7H,2-4,11H2,1H3. The first-order valence-electron chi connectivity index (χ1n) is 4.88. The molecule has 4 nitrogen and oxygen atoms in total. The van der Waals surface area contributed by atoms with Gasteiger partial charge < -0.3 is 5.73 Å². The van der Waals surface area contributed by atoms with Crippen LogP contribution in [0.3, 0.4) is 0 Å². The van der Waals surface area contributed by atoms with Crippen LogP contribution in [0.2, 0.25) is 0 Å². The summed E-state index contributed by atoms with van der Waals surface area (Å²) in [4.78, 5) is 4.07. The van der Waals surface area contributed by atoms with E-state index in [2.05, 4.69) is 17.0 Å². The molecule has 0 aliphatic rings. The minimum atomic E-state index is 0.699. The summed E-state index contributed by atoms with van der Waals surface area (Å²) < 4.78 is 1.96. The summed E-state index contributed by atoms with van der Waals surface area (Å²) in [6.45, 7) is 3.10. The molecular weight excluding hydrogens is 176 g/mol. The topological polar surface area (TPSA) is 56.7 Å². The van der Waals surface area contributed by atoms with Crippen LogP contribution in [0.1, 0.15) is 19.8 Å². The Balaban J connectivity index is 2.42. The normalized spacial score (nSPS) is 10.9. The van der Waals surface area contributed by atoms with Gasteiger partial charge in [0, 0.05) is 11.9 Å². The zero-order valence-corrected chi connectivity index (χ0v) is 8.27. The van der Waals surface area contributed by atoms with Gasteiger partial charge in [-0.1, -0.05) is 13.3 Å². The summed E-state index contributed by atoms with van der Waals surface area (Å²) in [5.74, 6) is 0. The van der Waals surface area contributed by atoms with Gasteiger partial charge in [-0.3, -0.25) is 9.67 Å². The van der Waals surface area contributed by atoms with Crippen molar-refractivity contribution in [1.29, 1.82) is 0 Å². The fourth-order valence-corrected chi connectivity index (χ4v) is 1.50. The Labute approximate surface area is 82.7 Å². The van der Waals surface area contributed by atoms with Gasteiger partial charge in [0.15, 0.2) is 0 Å². The summed E-state index contributed by atoms with van der Waals surface area (Å²) in [7, 11) is 0. The third-order valence-corrected chi connectivity index (χ3v) is 2.33. The van der Waals surface area contributed by atoms with E-state index in [9.17, 15) is 0 Å². The number of hydrogen-bond acceptors (Lipinski definition) is 3. The maximum absolute atomic E-state index is 5.78. The summed E-state index contributed by atoms with van der Waals surface area (Å²) in [6.07, 6.45) is 7.58. The number of unbranched alkanes of at least 4 members (excludes halogenated alkanes) is 1.